The number of hydrogen-bond donors (Lipinski definition) is 0. The Kier molecular flexibility index (Phi) is 6.73. The highest BCUT2D eigenvalue weighted by Crippen LogP contribution is 2.38. The molecule has 4 rings (SSSR count). The Balaban J connectivity index is 1.51. The maximum atomic E-state index is 6.13. The van der Waals surface area contributed by atoms with Crippen molar-refractivity contribution in [3.63, 3.8) is 0 Å². The summed E-state index contributed by atoms with van der Waals surface area (Å²) in [6.45, 7) is 4.69. The Hall–Kier alpha value is -3.05. The van der Waals surface area contributed by atoms with Gasteiger partial charge in [0, 0.05) is 42.7 Å². The van der Waals surface area contributed by atoms with Gasteiger partial charge in [-0.1, -0.05) is 18.2 Å². The molecule has 0 unspecified atom stereocenters. The third kappa shape index (κ3) is 5.00. The minimum atomic E-state index is 0.435. The molecular formula is C26H30N2O3. The van der Waals surface area contributed by atoms with Crippen LogP contribution in [0.1, 0.15) is 24.5 Å². The zero-order chi connectivity index (χ0) is 21.6. The van der Waals surface area contributed by atoms with Crippen LogP contribution in [0.5, 0.6) is 17.2 Å². The first kappa shape index (κ1) is 21.2. The fourth-order valence-electron chi connectivity index (χ4n) is 4.08. The van der Waals surface area contributed by atoms with Crippen LogP contribution in [-0.2, 0) is 13.0 Å². The molecule has 0 bridgehead atoms. The number of methoxy groups -OCH3 is 2. The van der Waals surface area contributed by atoms with Crippen molar-refractivity contribution in [1.29, 1.82) is 0 Å². The fourth-order valence-corrected chi connectivity index (χ4v) is 4.08. The Bertz CT molecular complexity index is 990. The Morgan fingerprint density at radius 3 is 2.61 bits per heavy atom. The van der Waals surface area contributed by atoms with Gasteiger partial charge >= 0.3 is 0 Å². The average Bonchev–Trinajstić information content (AvgIpc) is 3.05. The van der Waals surface area contributed by atoms with Crippen LogP contribution in [0.15, 0.2) is 60.9 Å². The minimum absolute atomic E-state index is 0.435. The van der Waals surface area contributed by atoms with Gasteiger partial charge in [-0.25, -0.2) is 0 Å². The number of fused-ring (bicyclic) bond motifs is 1. The van der Waals surface area contributed by atoms with Crippen molar-refractivity contribution in [3.05, 3.63) is 72.1 Å². The molecule has 0 amide bonds. The lowest BCUT2D eigenvalue weighted by Gasteiger charge is -2.27. The maximum absolute atomic E-state index is 6.13. The van der Waals surface area contributed by atoms with Gasteiger partial charge in [-0.15, -0.1) is 0 Å². The van der Waals surface area contributed by atoms with Crippen LogP contribution >= 0.6 is 0 Å². The molecule has 1 atom stereocenters. The van der Waals surface area contributed by atoms with Gasteiger partial charge in [0.05, 0.1) is 14.2 Å². The summed E-state index contributed by atoms with van der Waals surface area (Å²) in [5.41, 5.74) is 4.67. The van der Waals surface area contributed by atoms with Gasteiger partial charge in [-0.05, 0) is 61.2 Å². The predicted octanol–water partition coefficient (Wildman–Crippen LogP) is 4.98. The van der Waals surface area contributed by atoms with Gasteiger partial charge in [0.15, 0.2) is 11.5 Å². The van der Waals surface area contributed by atoms with Crippen LogP contribution in [-0.4, -0.2) is 43.3 Å². The van der Waals surface area contributed by atoms with Crippen molar-refractivity contribution >= 4 is 0 Å². The van der Waals surface area contributed by atoms with Crippen molar-refractivity contribution in [3.8, 4) is 28.4 Å². The van der Waals surface area contributed by atoms with Crippen LogP contribution in [0.2, 0.25) is 0 Å². The molecule has 0 saturated carbocycles. The molecule has 0 radical (unpaired) electrons. The molecule has 0 saturated heterocycles. The molecule has 31 heavy (non-hydrogen) atoms. The predicted molar refractivity (Wildman–Crippen MR) is 123 cm³/mol. The van der Waals surface area contributed by atoms with Gasteiger partial charge in [0.2, 0.25) is 0 Å². The molecule has 3 aromatic rings. The highest BCUT2D eigenvalue weighted by molar-refractivity contribution is 5.68. The first-order chi connectivity index (χ1) is 15.2. The van der Waals surface area contributed by atoms with E-state index in [0.717, 1.165) is 59.9 Å². The number of benzene rings is 2. The van der Waals surface area contributed by atoms with Gasteiger partial charge < -0.3 is 14.2 Å². The molecule has 0 aliphatic carbocycles. The van der Waals surface area contributed by atoms with Crippen molar-refractivity contribution < 1.29 is 14.2 Å². The molecule has 1 aromatic heterocycles. The number of hydrogen-bond acceptors (Lipinski definition) is 5. The number of aryl methyl sites for hydroxylation is 1. The molecule has 1 aliphatic rings. The van der Waals surface area contributed by atoms with Crippen molar-refractivity contribution in [2.75, 3.05) is 27.4 Å². The number of pyridine rings is 1. The third-order valence-corrected chi connectivity index (χ3v) is 5.98. The SMILES string of the molecule is COc1ccc(CC[C@@H](C)N2CCOc3c(cc(-c4cccnc4)cc3OC)C2)cc1. The van der Waals surface area contributed by atoms with E-state index in [0.29, 0.717) is 12.6 Å². The minimum Gasteiger partial charge on any atom is -0.497 e. The summed E-state index contributed by atoms with van der Waals surface area (Å²) in [7, 11) is 3.40. The number of rotatable bonds is 7. The molecule has 162 valence electrons. The van der Waals surface area contributed by atoms with E-state index >= 15 is 0 Å². The van der Waals surface area contributed by atoms with Gasteiger partial charge in [0.25, 0.3) is 0 Å². The lowest BCUT2D eigenvalue weighted by molar-refractivity contribution is 0.171. The van der Waals surface area contributed by atoms with E-state index in [2.05, 4.69) is 41.1 Å². The Labute approximate surface area is 184 Å². The lowest BCUT2D eigenvalue weighted by atomic mass is 10.0. The molecule has 2 aromatic carbocycles. The highest BCUT2D eigenvalue weighted by Gasteiger charge is 2.23. The number of nitrogens with zero attached hydrogens (tertiary/aromatic N) is 2. The van der Waals surface area contributed by atoms with E-state index in [4.69, 9.17) is 14.2 Å². The zero-order valence-corrected chi connectivity index (χ0v) is 18.5. The summed E-state index contributed by atoms with van der Waals surface area (Å²) in [6, 6.07) is 17.1. The Morgan fingerprint density at radius 2 is 1.90 bits per heavy atom. The number of aromatic nitrogens is 1. The second kappa shape index (κ2) is 9.84. The van der Waals surface area contributed by atoms with E-state index in [9.17, 15) is 0 Å². The fraction of sp³-hybridized carbons (Fsp3) is 0.346. The van der Waals surface area contributed by atoms with Crippen molar-refractivity contribution in [2.45, 2.75) is 32.4 Å². The van der Waals surface area contributed by atoms with E-state index < -0.39 is 0 Å². The van der Waals surface area contributed by atoms with Crippen LogP contribution in [0.25, 0.3) is 11.1 Å². The third-order valence-electron chi connectivity index (χ3n) is 5.98. The molecule has 0 spiro atoms. The molecule has 5 nitrogen and oxygen atoms in total. The molecular weight excluding hydrogens is 388 g/mol. The standard InChI is InChI=1S/C26H30N2O3/c1-19(6-7-20-8-10-24(29-2)11-9-20)28-13-14-31-26-23(18-28)15-22(16-25(26)30-3)21-5-4-12-27-17-21/h4-5,8-12,15-17,19H,6-7,13-14,18H2,1-3H3/t19-/m1/s1. The topological polar surface area (TPSA) is 43.8 Å². The summed E-state index contributed by atoms with van der Waals surface area (Å²) >= 11 is 0. The van der Waals surface area contributed by atoms with E-state index in [1.807, 2.05) is 30.5 Å². The summed E-state index contributed by atoms with van der Waals surface area (Å²) in [6.07, 6.45) is 5.79. The monoisotopic (exact) mass is 418 g/mol. The van der Waals surface area contributed by atoms with Crippen molar-refractivity contribution in [1.82, 2.24) is 9.88 Å². The van der Waals surface area contributed by atoms with Crippen molar-refractivity contribution in [2.24, 2.45) is 0 Å². The summed E-state index contributed by atoms with van der Waals surface area (Å²) in [5.74, 6) is 2.54. The van der Waals surface area contributed by atoms with Gasteiger partial charge in [0.1, 0.15) is 12.4 Å². The van der Waals surface area contributed by atoms with Crippen LogP contribution in [0.4, 0.5) is 0 Å². The number of ether oxygens (including phenoxy) is 3. The maximum Gasteiger partial charge on any atom is 0.165 e. The van der Waals surface area contributed by atoms with Crippen LogP contribution < -0.4 is 14.2 Å². The highest BCUT2D eigenvalue weighted by atomic mass is 16.5. The smallest absolute Gasteiger partial charge is 0.165 e. The Morgan fingerprint density at radius 1 is 1.06 bits per heavy atom. The van der Waals surface area contributed by atoms with E-state index in [1.54, 1.807) is 20.4 Å². The average molecular weight is 419 g/mol. The van der Waals surface area contributed by atoms with E-state index in [-0.39, 0.29) is 0 Å². The normalized spacial score (nSPS) is 14.8. The molecule has 1 aliphatic heterocycles. The molecule has 5 heteroatoms. The van der Waals surface area contributed by atoms with Gasteiger partial charge in [-0.3, -0.25) is 9.88 Å². The summed E-state index contributed by atoms with van der Waals surface area (Å²) in [5, 5.41) is 0. The summed E-state index contributed by atoms with van der Waals surface area (Å²) < 4.78 is 17.1. The van der Waals surface area contributed by atoms with Crippen LogP contribution in [0.3, 0.4) is 0 Å². The summed E-state index contributed by atoms with van der Waals surface area (Å²) in [4.78, 5) is 6.77. The molecule has 2 heterocycles. The molecule has 0 N–H and O–H groups in total. The first-order valence-corrected chi connectivity index (χ1v) is 10.8. The van der Waals surface area contributed by atoms with Gasteiger partial charge in [-0.2, -0.15) is 0 Å². The lowest BCUT2D eigenvalue weighted by Crippen LogP contribution is -2.34. The largest absolute Gasteiger partial charge is 0.497 e. The second-order valence-electron chi connectivity index (χ2n) is 7.96. The quantitative estimate of drug-likeness (QED) is 0.541. The second-order valence-corrected chi connectivity index (χ2v) is 7.96. The first-order valence-electron chi connectivity index (χ1n) is 10.8. The zero-order valence-electron chi connectivity index (χ0n) is 18.5. The van der Waals surface area contributed by atoms with E-state index in [1.165, 1.54) is 5.56 Å². The molecule has 0 fully saturated rings. The van der Waals surface area contributed by atoms with Crippen LogP contribution in [0, 0.1) is 0 Å².